The molecule has 0 atom stereocenters. The predicted molar refractivity (Wildman–Crippen MR) is 88.4 cm³/mol. The lowest BCUT2D eigenvalue weighted by Gasteiger charge is -2.06. The molecule has 0 bridgehead atoms. The number of nitriles is 1. The zero-order valence-electron chi connectivity index (χ0n) is 12.7. The van der Waals surface area contributed by atoms with E-state index < -0.39 is 0 Å². The van der Waals surface area contributed by atoms with Crippen LogP contribution in [0.5, 0.6) is 0 Å². The number of halogens is 1. The SMILES string of the molecule is CC(C)NCc1cn(CCCCC#N)c2cc(Cl)ccc12. The summed E-state index contributed by atoms with van der Waals surface area (Å²) in [6.07, 6.45) is 4.79. The Morgan fingerprint density at radius 3 is 2.86 bits per heavy atom. The van der Waals surface area contributed by atoms with Crippen LogP contribution < -0.4 is 5.32 Å². The van der Waals surface area contributed by atoms with Gasteiger partial charge in [0.25, 0.3) is 0 Å². The molecular weight excluding hydrogens is 282 g/mol. The quantitative estimate of drug-likeness (QED) is 0.766. The fourth-order valence-corrected chi connectivity index (χ4v) is 2.63. The van der Waals surface area contributed by atoms with Crippen molar-refractivity contribution in [3.8, 4) is 6.07 Å². The molecule has 1 N–H and O–H groups in total. The number of benzene rings is 1. The molecule has 1 aromatic carbocycles. The van der Waals surface area contributed by atoms with Gasteiger partial charge in [-0.25, -0.2) is 0 Å². The molecule has 1 heterocycles. The summed E-state index contributed by atoms with van der Waals surface area (Å²) < 4.78 is 2.26. The van der Waals surface area contributed by atoms with E-state index in [0.29, 0.717) is 12.5 Å². The van der Waals surface area contributed by atoms with Gasteiger partial charge in [0, 0.05) is 47.7 Å². The summed E-state index contributed by atoms with van der Waals surface area (Å²) in [6.45, 7) is 6.09. The van der Waals surface area contributed by atoms with Crippen molar-refractivity contribution in [2.45, 2.75) is 52.2 Å². The van der Waals surface area contributed by atoms with Crippen LogP contribution in [0.15, 0.2) is 24.4 Å². The number of rotatable bonds is 7. The number of aryl methyl sites for hydroxylation is 1. The van der Waals surface area contributed by atoms with Crippen molar-refractivity contribution in [1.29, 1.82) is 5.26 Å². The van der Waals surface area contributed by atoms with Gasteiger partial charge in [0.2, 0.25) is 0 Å². The van der Waals surface area contributed by atoms with Crippen molar-refractivity contribution < 1.29 is 0 Å². The topological polar surface area (TPSA) is 40.8 Å². The second-order valence-electron chi connectivity index (χ2n) is 5.66. The highest BCUT2D eigenvalue weighted by atomic mass is 35.5. The normalized spacial score (nSPS) is 11.2. The molecule has 0 spiro atoms. The Morgan fingerprint density at radius 1 is 1.33 bits per heavy atom. The maximum Gasteiger partial charge on any atom is 0.0621 e. The predicted octanol–water partition coefficient (Wildman–Crippen LogP) is 4.49. The largest absolute Gasteiger partial charge is 0.347 e. The molecule has 0 saturated heterocycles. The summed E-state index contributed by atoms with van der Waals surface area (Å²) >= 11 is 6.14. The van der Waals surface area contributed by atoms with Crippen LogP contribution in [0, 0.1) is 11.3 Å². The molecule has 112 valence electrons. The summed E-state index contributed by atoms with van der Waals surface area (Å²) in [5, 5.41) is 14.1. The number of nitrogens with zero attached hydrogens (tertiary/aromatic N) is 2. The van der Waals surface area contributed by atoms with E-state index in [1.165, 1.54) is 16.5 Å². The number of nitrogens with one attached hydrogen (secondary N) is 1. The number of unbranched alkanes of at least 4 members (excludes halogenated alkanes) is 2. The van der Waals surface area contributed by atoms with E-state index in [2.05, 4.69) is 42.1 Å². The van der Waals surface area contributed by atoms with Crippen LogP contribution >= 0.6 is 11.6 Å². The number of hydrogen-bond donors (Lipinski definition) is 1. The van der Waals surface area contributed by atoms with Crippen molar-refractivity contribution in [2.24, 2.45) is 0 Å². The molecule has 0 unspecified atom stereocenters. The van der Waals surface area contributed by atoms with Crippen molar-refractivity contribution in [3.63, 3.8) is 0 Å². The number of hydrogen-bond acceptors (Lipinski definition) is 2. The van der Waals surface area contributed by atoms with Gasteiger partial charge in [-0.1, -0.05) is 31.5 Å². The summed E-state index contributed by atoms with van der Waals surface area (Å²) in [5.74, 6) is 0. The lowest BCUT2D eigenvalue weighted by Crippen LogP contribution is -2.21. The minimum Gasteiger partial charge on any atom is -0.347 e. The fraction of sp³-hybridized carbons (Fsp3) is 0.471. The second kappa shape index (κ2) is 7.49. The molecule has 2 rings (SSSR count). The van der Waals surface area contributed by atoms with E-state index in [9.17, 15) is 0 Å². The van der Waals surface area contributed by atoms with Gasteiger partial charge in [-0.05, 0) is 30.5 Å². The first kappa shape index (κ1) is 15.9. The van der Waals surface area contributed by atoms with Crippen LogP contribution in [-0.2, 0) is 13.1 Å². The Morgan fingerprint density at radius 2 is 2.14 bits per heavy atom. The molecule has 2 aromatic rings. The third-order valence-corrected chi connectivity index (χ3v) is 3.80. The highest BCUT2D eigenvalue weighted by Crippen LogP contribution is 2.25. The summed E-state index contributed by atoms with van der Waals surface area (Å²) in [6, 6.07) is 8.74. The molecule has 0 aliphatic heterocycles. The molecule has 1 aromatic heterocycles. The Balaban J connectivity index is 2.22. The maximum absolute atomic E-state index is 8.62. The van der Waals surface area contributed by atoms with Gasteiger partial charge in [-0.2, -0.15) is 5.26 Å². The van der Waals surface area contributed by atoms with Crippen LogP contribution in [0.2, 0.25) is 5.02 Å². The van der Waals surface area contributed by atoms with Crippen LogP contribution in [0.25, 0.3) is 10.9 Å². The third-order valence-electron chi connectivity index (χ3n) is 3.57. The third kappa shape index (κ3) is 4.23. The molecule has 3 nitrogen and oxygen atoms in total. The van der Waals surface area contributed by atoms with Crippen molar-refractivity contribution in [2.75, 3.05) is 0 Å². The van der Waals surface area contributed by atoms with Crippen molar-refractivity contribution in [3.05, 3.63) is 35.0 Å². The smallest absolute Gasteiger partial charge is 0.0621 e. The standard InChI is InChI=1S/C17H22ClN3/c1-13(2)20-11-14-12-21(9-5-3-4-8-19)17-10-15(18)6-7-16(14)17/h6-7,10,12-13,20H,3-5,9,11H2,1-2H3. The van der Waals surface area contributed by atoms with Crippen LogP contribution in [0.1, 0.15) is 38.7 Å². The van der Waals surface area contributed by atoms with Crippen LogP contribution in [0.4, 0.5) is 0 Å². The van der Waals surface area contributed by atoms with Crippen molar-refractivity contribution in [1.82, 2.24) is 9.88 Å². The molecule has 0 saturated carbocycles. The second-order valence-corrected chi connectivity index (χ2v) is 6.10. The minimum absolute atomic E-state index is 0.464. The Hall–Kier alpha value is -1.50. The van der Waals surface area contributed by atoms with E-state index >= 15 is 0 Å². The Labute approximate surface area is 131 Å². The van der Waals surface area contributed by atoms with Crippen LogP contribution in [-0.4, -0.2) is 10.6 Å². The molecule has 4 heteroatoms. The van der Waals surface area contributed by atoms with Gasteiger partial charge in [0.15, 0.2) is 0 Å². The lowest BCUT2D eigenvalue weighted by atomic mass is 10.1. The number of aromatic nitrogens is 1. The first-order valence-corrected chi connectivity index (χ1v) is 7.87. The molecule has 0 aliphatic carbocycles. The molecule has 0 radical (unpaired) electrons. The molecule has 0 aliphatic rings. The molecule has 21 heavy (non-hydrogen) atoms. The highest BCUT2D eigenvalue weighted by molar-refractivity contribution is 6.31. The summed E-state index contributed by atoms with van der Waals surface area (Å²) in [5.41, 5.74) is 2.48. The van der Waals surface area contributed by atoms with Crippen molar-refractivity contribution >= 4 is 22.5 Å². The Kier molecular flexibility index (Phi) is 5.67. The first-order valence-electron chi connectivity index (χ1n) is 7.49. The minimum atomic E-state index is 0.464. The maximum atomic E-state index is 8.62. The van der Waals surface area contributed by atoms with Gasteiger partial charge in [-0.3, -0.25) is 0 Å². The zero-order chi connectivity index (χ0) is 15.2. The van der Waals surface area contributed by atoms with E-state index in [-0.39, 0.29) is 0 Å². The average Bonchev–Trinajstić information content (AvgIpc) is 2.79. The first-order chi connectivity index (χ1) is 10.1. The summed E-state index contributed by atoms with van der Waals surface area (Å²) in [7, 11) is 0. The van der Waals surface area contributed by atoms with E-state index in [4.69, 9.17) is 16.9 Å². The zero-order valence-corrected chi connectivity index (χ0v) is 13.5. The van der Waals surface area contributed by atoms with Gasteiger partial charge in [0.1, 0.15) is 0 Å². The van der Waals surface area contributed by atoms with E-state index in [0.717, 1.165) is 31.0 Å². The molecule has 0 fully saturated rings. The number of fused-ring (bicyclic) bond motifs is 1. The van der Waals surface area contributed by atoms with Crippen LogP contribution in [0.3, 0.4) is 0 Å². The molecule has 0 amide bonds. The Bertz CT molecular complexity index is 637. The van der Waals surface area contributed by atoms with E-state index in [1.807, 2.05) is 12.1 Å². The average molecular weight is 304 g/mol. The van der Waals surface area contributed by atoms with Gasteiger partial charge in [0.05, 0.1) is 6.07 Å². The fourth-order valence-electron chi connectivity index (χ4n) is 2.47. The molecular formula is C17H22ClN3. The lowest BCUT2D eigenvalue weighted by molar-refractivity contribution is 0.586. The highest BCUT2D eigenvalue weighted by Gasteiger charge is 2.09. The van der Waals surface area contributed by atoms with Gasteiger partial charge < -0.3 is 9.88 Å². The van der Waals surface area contributed by atoms with Gasteiger partial charge >= 0.3 is 0 Å². The van der Waals surface area contributed by atoms with E-state index in [1.54, 1.807) is 0 Å². The summed E-state index contributed by atoms with van der Waals surface area (Å²) in [4.78, 5) is 0. The van der Waals surface area contributed by atoms with Gasteiger partial charge in [-0.15, -0.1) is 0 Å². The monoisotopic (exact) mass is 303 g/mol.